The molecule has 0 aliphatic heterocycles. The molecule has 24 heavy (non-hydrogen) atoms. The van der Waals surface area contributed by atoms with Crippen molar-refractivity contribution in [1.29, 1.82) is 5.26 Å². The summed E-state index contributed by atoms with van der Waals surface area (Å²) in [6.07, 6.45) is 6.57. The molecule has 0 radical (unpaired) electrons. The fraction of sp³-hybridized carbons (Fsp3) is 0. The monoisotopic (exact) mass is 314 g/mol. The van der Waals surface area contributed by atoms with Gasteiger partial charge in [-0.3, -0.25) is 4.79 Å². The first kappa shape index (κ1) is 15.3. The molecule has 1 heterocycles. The molecule has 1 N–H and O–H groups in total. The summed E-state index contributed by atoms with van der Waals surface area (Å²) in [7, 11) is 0. The molecule has 0 aliphatic carbocycles. The van der Waals surface area contributed by atoms with Gasteiger partial charge in [0.25, 0.3) is 0 Å². The van der Waals surface area contributed by atoms with E-state index >= 15 is 0 Å². The van der Waals surface area contributed by atoms with Crippen molar-refractivity contribution in [3.8, 4) is 11.8 Å². The molecule has 0 fully saturated rings. The fourth-order valence-electron chi connectivity index (χ4n) is 2.24. The predicted octanol–water partition coefficient (Wildman–Crippen LogP) is 3.40. The Hall–Kier alpha value is -3.65. The van der Waals surface area contributed by atoms with E-state index in [0.717, 1.165) is 5.69 Å². The van der Waals surface area contributed by atoms with E-state index in [2.05, 4.69) is 16.5 Å². The number of hydrogen-bond donors (Lipinski definition) is 1. The van der Waals surface area contributed by atoms with E-state index in [9.17, 15) is 4.79 Å². The Morgan fingerprint density at radius 3 is 2.83 bits per heavy atom. The Kier molecular flexibility index (Phi) is 4.50. The maximum Gasteiger partial charge on any atom is 0.248 e. The smallest absolute Gasteiger partial charge is 0.248 e. The van der Waals surface area contributed by atoms with E-state index < -0.39 is 0 Å². The lowest BCUT2D eigenvalue weighted by molar-refractivity contribution is -0.111. The van der Waals surface area contributed by atoms with Crippen LogP contribution < -0.4 is 5.32 Å². The zero-order valence-corrected chi connectivity index (χ0v) is 12.8. The lowest BCUT2D eigenvalue weighted by atomic mass is 10.1. The number of hydrogen-bond acceptors (Lipinski definition) is 3. The summed E-state index contributed by atoms with van der Waals surface area (Å²) >= 11 is 0. The molecule has 1 amide bonds. The number of aromatic nitrogens is 2. The number of nitrogens with one attached hydrogen (secondary N) is 1. The third kappa shape index (κ3) is 3.57. The zero-order valence-electron chi connectivity index (χ0n) is 12.8. The zero-order chi connectivity index (χ0) is 16.8. The topological polar surface area (TPSA) is 70.7 Å². The molecule has 2 aromatic carbocycles. The van der Waals surface area contributed by atoms with Gasteiger partial charge in [-0.25, -0.2) is 4.68 Å². The van der Waals surface area contributed by atoms with Gasteiger partial charge in [0, 0.05) is 24.2 Å². The molecule has 3 aromatic rings. The molecule has 5 heteroatoms. The van der Waals surface area contributed by atoms with Crippen LogP contribution >= 0.6 is 0 Å². The molecule has 5 nitrogen and oxygen atoms in total. The highest BCUT2D eigenvalue weighted by Crippen LogP contribution is 2.14. The van der Waals surface area contributed by atoms with Crippen LogP contribution in [0.5, 0.6) is 0 Å². The first-order chi connectivity index (χ1) is 11.8. The van der Waals surface area contributed by atoms with Gasteiger partial charge >= 0.3 is 0 Å². The Labute approximate surface area is 139 Å². The maximum atomic E-state index is 12.1. The second kappa shape index (κ2) is 7.07. The van der Waals surface area contributed by atoms with Crippen LogP contribution in [0.25, 0.3) is 11.8 Å². The molecular formula is C19H14N4O. The molecule has 0 atom stereocenters. The van der Waals surface area contributed by atoms with Crippen molar-refractivity contribution in [2.75, 3.05) is 5.32 Å². The van der Waals surface area contributed by atoms with Gasteiger partial charge in [-0.1, -0.05) is 24.3 Å². The number of nitriles is 1. The van der Waals surface area contributed by atoms with E-state index in [1.54, 1.807) is 35.2 Å². The Morgan fingerprint density at radius 1 is 1.17 bits per heavy atom. The molecule has 3 rings (SSSR count). The Balaban J connectivity index is 1.72. The minimum absolute atomic E-state index is 0.264. The second-order valence-electron chi connectivity index (χ2n) is 5.02. The van der Waals surface area contributed by atoms with Crippen LogP contribution in [0.1, 0.15) is 11.1 Å². The first-order valence-corrected chi connectivity index (χ1v) is 7.34. The molecule has 0 bridgehead atoms. The van der Waals surface area contributed by atoms with Gasteiger partial charge in [0.2, 0.25) is 5.91 Å². The van der Waals surface area contributed by atoms with E-state index in [4.69, 9.17) is 5.26 Å². The highest BCUT2D eigenvalue weighted by molar-refractivity contribution is 6.02. The minimum Gasteiger partial charge on any atom is -0.322 e. The van der Waals surface area contributed by atoms with Gasteiger partial charge in [-0.15, -0.1) is 0 Å². The lowest BCUT2D eigenvalue weighted by Crippen LogP contribution is -2.08. The van der Waals surface area contributed by atoms with Crippen LogP contribution in [-0.4, -0.2) is 15.7 Å². The minimum atomic E-state index is -0.264. The van der Waals surface area contributed by atoms with Crippen LogP contribution in [0.4, 0.5) is 5.69 Å². The maximum absolute atomic E-state index is 12.1. The third-order valence-electron chi connectivity index (χ3n) is 3.38. The van der Waals surface area contributed by atoms with Gasteiger partial charge in [0.1, 0.15) is 0 Å². The molecule has 0 unspecified atom stereocenters. The van der Waals surface area contributed by atoms with Gasteiger partial charge in [0.15, 0.2) is 0 Å². The van der Waals surface area contributed by atoms with Gasteiger partial charge < -0.3 is 5.32 Å². The van der Waals surface area contributed by atoms with E-state index in [1.807, 2.05) is 42.6 Å². The van der Waals surface area contributed by atoms with Crippen molar-refractivity contribution in [2.24, 2.45) is 0 Å². The molecular weight excluding hydrogens is 300 g/mol. The molecule has 0 spiro atoms. The number of carbonyl (C=O) groups excluding carboxylic acids is 1. The van der Waals surface area contributed by atoms with Crippen molar-refractivity contribution in [3.05, 3.63) is 84.2 Å². The van der Waals surface area contributed by atoms with Crippen LogP contribution in [0, 0.1) is 11.3 Å². The van der Waals surface area contributed by atoms with Crippen LogP contribution in [0.2, 0.25) is 0 Å². The van der Waals surface area contributed by atoms with Gasteiger partial charge in [-0.05, 0) is 42.0 Å². The second-order valence-corrected chi connectivity index (χ2v) is 5.02. The van der Waals surface area contributed by atoms with E-state index in [-0.39, 0.29) is 5.91 Å². The SMILES string of the molecule is N#Cc1ccccc1/C=C/C(=O)Nc1cccc(-n2cccn2)c1. The highest BCUT2D eigenvalue weighted by Gasteiger charge is 2.02. The van der Waals surface area contributed by atoms with Gasteiger partial charge in [0.05, 0.1) is 17.3 Å². The molecule has 1 aromatic heterocycles. The number of benzene rings is 2. The fourth-order valence-corrected chi connectivity index (χ4v) is 2.24. The van der Waals surface area contributed by atoms with Crippen LogP contribution in [-0.2, 0) is 4.79 Å². The number of carbonyl (C=O) groups is 1. The van der Waals surface area contributed by atoms with E-state index in [0.29, 0.717) is 16.8 Å². The summed E-state index contributed by atoms with van der Waals surface area (Å²) in [6, 6.07) is 18.4. The molecule has 116 valence electrons. The molecule has 0 aliphatic rings. The summed E-state index contributed by atoms with van der Waals surface area (Å²) in [5.41, 5.74) is 2.77. The summed E-state index contributed by atoms with van der Waals surface area (Å²) < 4.78 is 1.72. The van der Waals surface area contributed by atoms with Crippen molar-refractivity contribution >= 4 is 17.7 Å². The number of anilines is 1. The predicted molar refractivity (Wildman–Crippen MR) is 92.4 cm³/mol. The largest absolute Gasteiger partial charge is 0.322 e. The first-order valence-electron chi connectivity index (χ1n) is 7.34. The molecule has 0 saturated heterocycles. The Bertz CT molecular complexity index is 921. The standard InChI is InChI=1S/C19H14N4O/c20-14-16-6-2-1-5-15(16)9-10-19(24)22-17-7-3-8-18(13-17)23-12-4-11-21-23/h1-13H,(H,22,24)/b10-9+. The molecule has 0 saturated carbocycles. The van der Waals surface area contributed by atoms with Crippen molar-refractivity contribution in [1.82, 2.24) is 9.78 Å². The van der Waals surface area contributed by atoms with Crippen molar-refractivity contribution < 1.29 is 4.79 Å². The van der Waals surface area contributed by atoms with Crippen LogP contribution in [0.15, 0.2) is 73.1 Å². The summed E-state index contributed by atoms with van der Waals surface area (Å²) in [4.78, 5) is 12.1. The quantitative estimate of drug-likeness (QED) is 0.750. The van der Waals surface area contributed by atoms with E-state index in [1.165, 1.54) is 6.08 Å². The normalized spacial score (nSPS) is 10.5. The number of nitrogens with zero attached hydrogens (tertiary/aromatic N) is 3. The average Bonchev–Trinajstić information content (AvgIpc) is 3.15. The Morgan fingerprint density at radius 2 is 2.04 bits per heavy atom. The summed E-state index contributed by atoms with van der Waals surface area (Å²) in [5, 5.41) is 16.0. The summed E-state index contributed by atoms with van der Waals surface area (Å²) in [6.45, 7) is 0. The summed E-state index contributed by atoms with van der Waals surface area (Å²) in [5.74, 6) is -0.264. The highest BCUT2D eigenvalue weighted by atomic mass is 16.1. The van der Waals surface area contributed by atoms with Crippen molar-refractivity contribution in [3.63, 3.8) is 0 Å². The number of amides is 1. The average molecular weight is 314 g/mol. The van der Waals surface area contributed by atoms with Crippen molar-refractivity contribution in [2.45, 2.75) is 0 Å². The lowest BCUT2D eigenvalue weighted by Gasteiger charge is -2.06. The van der Waals surface area contributed by atoms with Gasteiger partial charge in [-0.2, -0.15) is 10.4 Å². The third-order valence-corrected chi connectivity index (χ3v) is 3.38. The number of rotatable bonds is 4. The van der Waals surface area contributed by atoms with Crippen LogP contribution in [0.3, 0.4) is 0 Å².